The largest absolute Gasteiger partial charge is 0.322 e. The first-order valence-electron chi connectivity index (χ1n) is 9.22. The summed E-state index contributed by atoms with van der Waals surface area (Å²) in [5.74, 6) is -0.366. The minimum absolute atomic E-state index is 0.0740. The summed E-state index contributed by atoms with van der Waals surface area (Å²) in [4.78, 5) is 24.9. The lowest BCUT2D eigenvalue weighted by molar-refractivity contribution is 0.102. The van der Waals surface area contributed by atoms with Crippen LogP contribution >= 0.6 is 0 Å². The van der Waals surface area contributed by atoms with Crippen molar-refractivity contribution in [1.82, 2.24) is 0 Å². The van der Waals surface area contributed by atoms with Gasteiger partial charge in [0, 0.05) is 22.5 Å². The van der Waals surface area contributed by atoms with Crippen molar-refractivity contribution in [2.24, 2.45) is 0 Å². The van der Waals surface area contributed by atoms with Gasteiger partial charge in [-0.2, -0.15) is 0 Å². The summed E-state index contributed by atoms with van der Waals surface area (Å²) in [6, 6.07) is 23.7. The van der Waals surface area contributed by atoms with Crippen molar-refractivity contribution in [3.05, 3.63) is 95.6 Å². The molecule has 0 bridgehead atoms. The summed E-state index contributed by atoms with van der Waals surface area (Å²) in [5, 5.41) is 5.83. The average molecular weight is 372 g/mol. The number of rotatable bonds is 4. The molecule has 0 aromatic heterocycles. The van der Waals surface area contributed by atoms with Crippen molar-refractivity contribution < 1.29 is 9.59 Å². The Kier molecular flexibility index (Phi) is 5.59. The second kappa shape index (κ2) is 8.09. The number of hydrogen-bond acceptors (Lipinski definition) is 2. The number of hydrogen-bond donors (Lipinski definition) is 2. The zero-order chi connectivity index (χ0) is 20.1. The summed E-state index contributed by atoms with van der Waals surface area (Å²) in [5.41, 5.74) is 3.57. The van der Waals surface area contributed by atoms with E-state index in [2.05, 4.69) is 31.4 Å². The highest BCUT2D eigenvalue weighted by atomic mass is 16.2. The van der Waals surface area contributed by atoms with E-state index in [1.165, 1.54) is 0 Å². The number of carbonyl (C=O) groups is 2. The van der Waals surface area contributed by atoms with Crippen LogP contribution in [0, 0.1) is 0 Å². The maximum Gasteiger partial charge on any atom is 0.255 e. The van der Waals surface area contributed by atoms with E-state index in [9.17, 15) is 9.59 Å². The molecule has 0 saturated heterocycles. The summed E-state index contributed by atoms with van der Waals surface area (Å²) < 4.78 is 0. The Hall–Kier alpha value is -3.40. The molecule has 0 unspecified atom stereocenters. The summed E-state index contributed by atoms with van der Waals surface area (Å²) >= 11 is 0. The van der Waals surface area contributed by atoms with Gasteiger partial charge in [-0.3, -0.25) is 9.59 Å². The number of carbonyl (C=O) groups excluding carboxylic acids is 2. The smallest absolute Gasteiger partial charge is 0.255 e. The van der Waals surface area contributed by atoms with Crippen LogP contribution in [0.1, 0.15) is 47.1 Å². The zero-order valence-electron chi connectivity index (χ0n) is 16.3. The zero-order valence-corrected chi connectivity index (χ0v) is 16.3. The van der Waals surface area contributed by atoms with E-state index in [0.29, 0.717) is 16.8 Å². The first kappa shape index (κ1) is 19.4. The summed E-state index contributed by atoms with van der Waals surface area (Å²) in [6.45, 7) is 6.34. The lowest BCUT2D eigenvalue weighted by atomic mass is 9.86. The minimum Gasteiger partial charge on any atom is -0.322 e. The SMILES string of the molecule is CC(C)(C)c1ccccc1NC(=O)c1ccc(NC(=O)c2ccccc2)cc1. The molecule has 3 aromatic carbocycles. The van der Waals surface area contributed by atoms with Crippen LogP contribution in [0.2, 0.25) is 0 Å². The second-order valence-corrected chi connectivity index (χ2v) is 7.65. The Morgan fingerprint density at radius 2 is 1.18 bits per heavy atom. The molecule has 0 aliphatic heterocycles. The quantitative estimate of drug-likeness (QED) is 0.636. The third-order valence-electron chi connectivity index (χ3n) is 4.42. The molecule has 142 valence electrons. The fourth-order valence-corrected chi connectivity index (χ4v) is 2.94. The van der Waals surface area contributed by atoms with Crippen molar-refractivity contribution in [1.29, 1.82) is 0 Å². The predicted octanol–water partition coefficient (Wildman–Crippen LogP) is 5.49. The Bertz CT molecular complexity index is 971. The number of para-hydroxylation sites is 1. The fraction of sp³-hybridized carbons (Fsp3) is 0.167. The van der Waals surface area contributed by atoms with Crippen LogP contribution < -0.4 is 10.6 Å². The lowest BCUT2D eigenvalue weighted by Gasteiger charge is -2.23. The molecule has 2 N–H and O–H groups in total. The highest BCUT2D eigenvalue weighted by molar-refractivity contribution is 6.06. The molecule has 3 aromatic rings. The average Bonchev–Trinajstić information content (AvgIpc) is 2.69. The summed E-state index contributed by atoms with van der Waals surface area (Å²) in [6.07, 6.45) is 0. The van der Waals surface area contributed by atoms with Crippen LogP contribution in [-0.4, -0.2) is 11.8 Å². The monoisotopic (exact) mass is 372 g/mol. The van der Waals surface area contributed by atoms with Crippen molar-refractivity contribution in [2.45, 2.75) is 26.2 Å². The molecule has 28 heavy (non-hydrogen) atoms. The molecule has 4 heteroatoms. The molecule has 0 saturated carbocycles. The Labute approximate surface area is 165 Å². The molecule has 0 radical (unpaired) electrons. The van der Waals surface area contributed by atoms with Gasteiger partial charge in [-0.05, 0) is 53.4 Å². The second-order valence-electron chi connectivity index (χ2n) is 7.65. The first-order chi connectivity index (χ1) is 13.3. The molecule has 2 amide bonds. The van der Waals surface area contributed by atoms with Gasteiger partial charge in [0.15, 0.2) is 0 Å². The van der Waals surface area contributed by atoms with Crippen LogP contribution in [0.3, 0.4) is 0 Å². The van der Waals surface area contributed by atoms with E-state index in [1.54, 1.807) is 36.4 Å². The van der Waals surface area contributed by atoms with Gasteiger partial charge in [0.05, 0.1) is 0 Å². The van der Waals surface area contributed by atoms with E-state index in [1.807, 2.05) is 42.5 Å². The third-order valence-corrected chi connectivity index (χ3v) is 4.42. The molecule has 3 rings (SSSR count). The van der Waals surface area contributed by atoms with E-state index >= 15 is 0 Å². The maximum atomic E-state index is 12.6. The lowest BCUT2D eigenvalue weighted by Crippen LogP contribution is -2.18. The van der Waals surface area contributed by atoms with E-state index in [0.717, 1.165) is 11.3 Å². The normalized spacial score (nSPS) is 11.0. The Balaban J connectivity index is 1.70. The van der Waals surface area contributed by atoms with Crippen LogP contribution in [0.25, 0.3) is 0 Å². The van der Waals surface area contributed by atoms with E-state index < -0.39 is 0 Å². The fourth-order valence-electron chi connectivity index (χ4n) is 2.94. The van der Waals surface area contributed by atoms with Crippen molar-refractivity contribution >= 4 is 23.2 Å². The van der Waals surface area contributed by atoms with Crippen LogP contribution in [0.4, 0.5) is 11.4 Å². The van der Waals surface area contributed by atoms with Crippen molar-refractivity contribution in [2.75, 3.05) is 10.6 Å². The van der Waals surface area contributed by atoms with E-state index in [4.69, 9.17) is 0 Å². The molecule has 0 aliphatic carbocycles. The predicted molar refractivity (Wildman–Crippen MR) is 114 cm³/mol. The molecular weight excluding hydrogens is 348 g/mol. The van der Waals surface area contributed by atoms with Crippen molar-refractivity contribution in [3.8, 4) is 0 Å². The molecular formula is C24H24N2O2. The van der Waals surface area contributed by atoms with Crippen LogP contribution in [0.5, 0.6) is 0 Å². The maximum absolute atomic E-state index is 12.6. The van der Waals surface area contributed by atoms with Gasteiger partial charge in [0.25, 0.3) is 11.8 Å². The van der Waals surface area contributed by atoms with Crippen LogP contribution in [-0.2, 0) is 5.41 Å². The molecule has 0 atom stereocenters. The molecule has 0 aliphatic rings. The van der Waals surface area contributed by atoms with Gasteiger partial charge in [0.1, 0.15) is 0 Å². The topological polar surface area (TPSA) is 58.2 Å². The number of nitrogens with one attached hydrogen (secondary N) is 2. The number of benzene rings is 3. The first-order valence-corrected chi connectivity index (χ1v) is 9.22. The van der Waals surface area contributed by atoms with E-state index in [-0.39, 0.29) is 17.2 Å². The van der Waals surface area contributed by atoms with Gasteiger partial charge in [-0.25, -0.2) is 0 Å². The number of amides is 2. The third kappa shape index (κ3) is 4.65. The molecule has 4 nitrogen and oxygen atoms in total. The Morgan fingerprint density at radius 3 is 1.82 bits per heavy atom. The summed E-state index contributed by atoms with van der Waals surface area (Å²) in [7, 11) is 0. The van der Waals surface area contributed by atoms with Gasteiger partial charge in [-0.15, -0.1) is 0 Å². The molecule has 0 fully saturated rings. The van der Waals surface area contributed by atoms with Gasteiger partial charge in [0.2, 0.25) is 0 Å². The highest BCUT2D eigenvalue weighted by Crippen LogP contribution is 2.29. The minimum atomic E-state index is -0.183. The molecule has 0 heterocycles. The Morgan fingerprint density at radius 1 is 0.643 bits per heavy atom. The number of anilines is 2. The van der Waals surface area contributed by atoms with Gasteiger partial charge in [-0.1, -0.05) is 57.2 Å². The van der Waals surface area contributed by atoms with Gasteiger partial charge >= 0.3 is 0 Å². The van der Waals surface area contributed by atoms with Crippen molar-refractivity contribution in [3.63, 3.8) is 0 Å². The standard InChI is InChI=1S/C24H24N2O2/c1-24(2,3)20-11-7-8-12-21(20)26-23(28)18-13-15-19(16-14-18)25-22(27)17-9-5-4-6-10-17/h4-16H,1-3H3,(H,25,27)(H,26,28). The van der Waals surface area contributed by atoms with Gasteiger partial charge < -0.3 is 10.6 Å². The molecule has 0 spiro atoms. The van der Waals surface area contributed by atoms with Crippen LogP contribution in [0.15, 0.2) is 78.9 Å². The highest BCUT2D eigenvalue weighted by Gasteiger charge is 2.19.